The van der Waals surface area contributed by atoms with Gasteiger partial charge in [0, 0.05) is 16.7 Å². The van der Waals surface area contributed by atoms with Crippen molar-refractivity contribution in [3.8, 4) is 24.3 Å². The zero-order chi connectivity index (χ0) is 30.0. The summed E-state index contributed by atoms with van der Waals surface area (Å²) in [6.45, 7) is 30.6. The van der Waals surface area contributed by atoms with E-state index < -0.39 is 0 Å². The van der Waals surface area contributed by atoms with Gasteiger partial charge < -0.3 is 0 Å². The molecule has 1 aromatic heterocycles. The van der Waals surface area contributed by atoms with Gasteiger partial charge in [0.2, 0.25) is 5.70 Å². The predicted molar refractivity (Wildman–Crippen MR) is 152 cm³/mol. The molecule has 0 bridgehead atoms. The van der Waals surface area contributed by atoms with Gasteiger partial charge in [-0.15, -0.1) is 0 Å². The van der Waals surface area contributed by atoms with E-state index in [1.807, 2.05) is 18.2 Å². The van der Waals surface area contributed by atoms with E-state index in [2.05, 4.69) is 25.4 Å². The first-order valence-corrected chi connectivity index (χ1v) is 11.9. The van der Waals surface area contributed by atoms with Crippen LogP contribution in [-0.2, 0) is 0 Å². The summed E-state index contributed by atoms with van der Waals surface area (Å²) in [6, 6.07) is 22.1. The molecule has 0 aliphatic heterocycles. The minimum Gasteiger partial charge on any atom is -0.249 e. The van der Waals surface area contributed by atoms with E-state index in [4.69, 9.17) is 31.3 Å². The molecule has 9 nitrogen and oxygen atoms in total. The van der Waals surface area contributed by atoms with Crippen LogP contribution in [0.2, 0.25) is 0 Å². The van der Waals surface area contributed by atoms with Gasteiger partial charge in [-0.2, -0.15) is 10.5 Å². The van der Waals surface area contributed by atoms with Crippen molar-refractivity contribution in [1.29, 1.82) is 21.0 Å². The molecule has 42 heavy (non-hydrogen) atoms. The SMILES string of the molecule is [C-]#[N+]C1=C(c2cccc(C3=C(C#N)c4cc([N+]#[C-])ccc4/C3=C(/C#N)[N+]#[C-])n2)/C(=C(/C#N)[N+]#[C-])c2ccc(C#N)cc21. The van der Waals surface area contributed by atoms with Gasteiger partial charge in [-0.05, 0) is 58.2 Å². The number of nitriles is 4. The van der Waals surface area contributed by atoms with Crippen molar-refractivity contribution in [2.24, 2.45) is 0 Å². The number of fused-ring (bicyclic) bond motifs is 2. The number of nitrogens with zero attached hydrogens (tertiary/aromatic N) is 9. The van der Waals surface area contributed by atoms with Gasteiger partial charge in [0.1, 0.15) is 6.07 Å². The van der Waals surface area contributed by atoms with Gasteiger partial charge in [0.15, 0.2) is 5.69 Å². The normalized spacial score (nSPS) is 14.9. The van der Waals surface area contributed by atoms with Gasteiger partial charge in [-0.25, -0.2) is 34.9 Å². The third-order valence-electron chi connectivity index (χ3n) is 6.72. The standard InChI is InChI=1S/C33H9N9/c1-38-19-9-11-20-22(13-19)24(15-35)31(29(20)27(16-36)39-2)25-6-5-7-26(42-25)32-30(28(17-37)40-3)21-10-8-18(14-34)12-23(21)33(32)41-4/h5-13H/b29-27+,30-28-. The molecule has 0 unspecified atom stereocenters. The summed E-state index contributed by atoms with van der Waals surface area (Å²) in [5.41, 5.74) is 3.14. The Kier molecular flexibility index (Phi) is 6.41. The number of hydrogen-bond donors (Lipinski definition) is 0. The summed E-state index contributed by atoms with van der Waals surface area (Å²) in [5.74, 6) is 0. The van der Waals surface area contributed by atoms with Crippen molar-refractivity contribution in [2.45, 2.75) is 0 Å². The lowest BCUT2D eigenvalue weighted by atomic mass is 9.96. The molecule has 0 saturated carbocycles. The Labute approximate surface area is 240 Å². The van der Waals surface area contributed by atoms with Gasteiger partial charge in [-0.1, -0.05) is 24.3 Å². The van der Waals surface area contributed by atoms with E-state index >= 15 is 0 Å². The second kappa shape index (κ2) is 10.3. The number of hydrogen-bond acceptors (Lipinski definition) is 5. The first kappa shape index (κ1) is 26.1. The van der Waals surface area contributed by atoms with Crippen LogP contribution < -0.4 is 0 Å². The van der Waals surface area contributed by atoms with Gasteiger partial charge >= 0.3 is 0 Å². The summed E-state index contributed by atoms with van der Waals surface area (Å²) in [6.07, 6.45) is 0. The third kappa shape index (κ3) is 3.76. The molecular formula is C33H9N9. The maximum absolute atomic E-state index is 10.2. The van der Waals surface area contributed by atoms with Gasteiger partial charge in [0.05, 0.1) is 67.0 Å². The molecule has 0 radical (unpaired) electrons. The van der Waals surface area contributed by atoms with Crippen LogP contribution in [0.3, 0.4) is 0 Å². The molecule has 3 aromatic rings. The molecular weight excluding hydrogens is 522 g/mol. The monoisotopic (exact) mass is 531 g/mol. The number of aromatic nitrogens is 1. The van der Waals surface area contributed by atoms with Crippen LogP contribution in [0, 0.1) is 71.6 Å². The lowest BCUT2D eigenvalue weighted by molar-refractivity contribution is 1.25. The van der Waals surface area contributed by atoms with Crippen molar-refractivity contribution in [1.82, 2.24) is 4.98 Å². The van der Waals surface area contributed by atoms with Crippen molar-refractivity contribution >= 4 is 39.2 Å². The molecule has 0 fully saturated rings. The first-order valence-electron chi connectivity index (χ1n) is 11.9. The number of rotatable bonds is 2. The Morgan fingerprint density at radius 2 is 1.26 bits per heavy atom. The van der Waals surface area contributed by atoms with Crippen LogP contribution in [0.4, 0.5) is 5.69 Å². The molecule has 9 heteroatoms. The second-order valence-corrected chi connectivity index (χ2v) is 8.71. The quantitative estimate of drug-likeness (QED) is 0.258. The maximum Gasteiger partial charge on any atom is 0.270 e. The van der Waals surface area contributed by atoms with E-state index in [0.717, 1.165) is 0 Å². The van der Waals surface area contributed by atoms with Gasteiger partial charge in [-0.3, -0.25) is 0 Å². The molecule has 2 aromatic carbocycles. The highest BCUT2D eigenvalue weighted by Gasteiger charge is 2.34. The van der Waals surface area contributed by atoms with Crippen molar-refractivity contribution in [2.75, 3.05) is 0 Å². The first-order chi connectivity index (χ1) is 20.5. The topological polar surface area (TPSA) is 125 Å². The second-order valence-electron chi connectivity index (χ2n) is 8.71. The van der Waals surface area contributed by atoms with Crippen LogP contribution in [0.5, 0.6) is 0 Å². The summed E-state index contributed by atoms with van der Waals surface area (Å²) >= 11 is 0. The smallest absolute Gasteiger partial charge is 0.249 e. The van der Waals surface area contributed by atoms with Crippen LogP contribution >= 0.6 is 0 Å². The van der Waals surface area contributed by atoms with E-state index in [1.54, 1.807) is 30.3 Å². The summed E-state index contributed by atoms with van der Waals surface area (Å²) in [4.78, 5) is 18.7. The fourth-order valence-corrected chi connectivity index (χ4v) is 5.05. The largest absolute Gasteiger partial charge is 0.270 e. The fraction of sp³-hybridized carbons (Fsp3) is 0. The molecule has 0 spiro atoms. The average molecular weight is 531 g/mol. The van der Waals surface area contributed by atoms with Crippen LogP contribution in [-0.4, -0.2) is 4.98 Å². The van der Waals surface area contributed by atoms with Crippen molar-refractivity contribution in [3.63, 3.8) is 0 Å². The Hall–Kier alpha value is -7.53. The number of benzene rings is 2. The van der Waals surface area contributed by atoms with E-state index in [-0.39, 0.29) is 62.0 Å². The zero-order valence-electron chi connectivity index (χ0n) is 21.2. The summed E-state index contributed by atoms with van der Waals surface area (Å²) in [7, 11) is 0. The Balaban J connectivity index is 1.85. The Morgan fingerprint density at radius 3 is 1.83 bits per heavy atom. The molecule has 186 valence electrons. The summed E-state index contributed by atoms with van der Waals surface area (Å²) in [5, 5.41) is 39.2. The van der Waals surface area contributed by atoms with Crippen LogP contribution in [0.15, 0.2) is 66.0 Å². The highest BCUT2D eigenvalue weighted by Crippen LogP contribution is 2.51. The van der Waals surface area contributed by atoms with Crippen LogP contribution in [0.25, 0.3) is 52.9 Å². The Bertz CT molecular complexity index is 2080. The molecule has 0 amide bonds. The lowest BCUT2D eigenvalue weighted by Crippen LogP contribution is -1.98. The van der Waals surface area contributed by atoms with E-state index in [0.29, 0.717) is 27.8 Å². The molecule has 2 aliphatic carbocycles. The molecule has 1 heterocycles. The number of pyridine rings is 1. The molecule has 2 aliphatic rings. The van der Waals surface area contributed by atoms with Crippen molar-refractivity contribution < 1.29 is 0 Å². The fourth-order valence-electron chi connectivity index (χ4n) is 5.05. The maximum atomic E-state index is 10.2. The lowest BCUT2D eigenvalue weighted by Gasteiger charge is -2.12. The predicted octanol–water partition coefficient (Wildman–Crippen LogP) is 7.06. The molecule has 5 rings (SSSR count). The zero-order valence-corrected chi connectivity index (χ0v) is 21.2. The average Bonchev–Trinajstić information content (AvgIpc) is 3.54. The van der Waals surface area contributed by atoms with Gasteiger partial charge in [0.25, 0.3) is 11.4 Å². The van der Waals surface area contributed by atoms with E-state index in [1.165, 1.54) is 24.3 Å². The minimum absolute atomic E-state index is 0.0960. The van der Waals surface area contributed by atoms with Crippen LogP contribution in [0.1, 0.15) is 39.2 Å². The molecule has 0 saturated heterocycles. The van der Waals surface area contributed by atoms with Crippen molar-refractivity contribution in [3.05, 3.63) is 151 Å². The minimum atomic E-state index is -0.266. The summed E-state index contributed by atoms with van der Waals surface area (Å²) < 4.78 is 0. The van der Waals surface area contributed by atoms with E-state index in [9.17, 15) is 21.0 Å². The molecule has 0 N–H and O–H groups in total. The highest BCUT2D eigenvalue weighted by molar-refractivity contribution is 6.26. The Morgan fingerprint density at radius 1 is 0.643 bits per heavy atom. The highest BCUT2D eigenvalue weighted by atomic mass is 14.8. The molecule has 0 atom stereocenters. The number of allylic oxidation sites excluding steroid dienone is 7. The third-order valence-corrected chi connectivity index (χ3v) is 6.72.